The molecule has 0 atom stereocenters. The Morgan fingerprint density at radius 3 is 2.81 bits per heavy atom. The molecule has 1 aliphatic rings. The van der Waals surface area contributed by atoms with Crippen LogP contribution in [0.25, 0.3) is 0 Å². The molecule has 0 aliphatic carbocycles. The van der Waals surface area contributed by atoms with Crippen LogP contribution in [0.5, 0.6) is 0 Å². The van der Waals surface area contributed by atoms with Crippen molar-refractivity contribution in [2.45, 2.75) is 32.6 Å². The Morgan fingerprint density at radius 1 is 1.35 bits per heavy atom. The molecule has 0 radical (unpaired) electrons. The third-order valence-corrected chi connectivity index (χ3v) is 4.77. The molecule has 1 amide bonds. The van der Waals surface area contributed by atoms with E-state index in [1.165, 1.54) is 4.68 Å². The second-order valence-electron chi connectivity index (χ2n) is 6.74. The average molecular weight is 359 g/mol. The molecule has 0 spiro atoms. The summed E-state index contributed by atoms with van der Waals surface area (Å²) in [6.45, 7) is 4.37. The van der Waals surface area contributed by atoms with Gasteiger partial charge in [-0.2, -0.15) is 5.10 Å². The molecule has 1 N–H and O–H groups in total. The topological polar surface area (TPSA) is 93.3 Å². The van der Waals surface area contributed by atoms with Gasteiger partial charge in [-0.15, -0.1) is 0 Å². The van der Waals surface area contributed by atoms with E-state index >= 15 is 0 Å². The van der Waals surface area contributed by atoms with Crippen LogP contribution in [0, 0.1) is 5.92 Å². The molecule has 3 rings (SSSR count). The summed E-state index contributed by atoms with van der Waals surface area (Å²) in [6.07, 6.45) is 5.38. The van der Waals surface area contributed by atoms with Gasteiger partial charge in [0.15, 0.2) is 5.69 Å². The van der Waals surface area contributed by atoms with Crippen LogP contribution in [0.1, 0.15) is 42.4 Å². The summed E-state index contributed by atoms with van der Waals surface area (Å²) in [4.78, 5) is 26.1. The highest BCUT2D eigenvalue weighted by Gasteiger charge is 2.21. The van der Waals surface area contributed by atoms with Crippen molar-refractivity contribution in [1.29, 1.82) is 0 Å². The third-order valence-electron chi connectivity index (χ3n) is 4.77. The summed E-state index contributed by atoms with van der Waals surface area (Å²) in [5, 5.41) is 10.9. The molecule has 0 bridgehead atoms. The number of hydrogen-bond acceptors (Lipinski definition) is 6. The molecule has 1 saturated heterocycles. The molecule has 1 fully saturated rings. The first-order valence-corrected chi connectivity index (χ1v) is 9.09. The number of aromatic nitrogens is 3. The number of aryl methyl sites for hydroxylation is 2. The number of nitrogens with zero attached hydrogens (tertiary/aromatic N) is 4. The molecule has 1 aliphatic heterocycles. The average Bonchev–Trinajstić information content (AvgIpc) is 3.11. The molecule has 3 heterocycles. The van der Waals surface area contributed by atoms with E-state index < -0.39 is 0 Å². The largest absolute Gasteiger partial charge is 0.370 e. The van der Waals surface area contributed by atoms with Crippen molar-refractivity contribution in [3.8, 4) is 0 Å². The first-order chi connectivity index (χ1) is 12.6. The Kier molecular flexibility index (Phi) is 5.70. The van der Waals surface area contributed by atoms with Gasteiger partial charge in [-0.3, -0.25) is 9.59 Å². The lowest BCUT2D eigenvalue weighted by atomic mass is 9.96. The zero-order valence-corrected chi connectivity index (χ0v) is 15.3. The van der Waals surface area contributed by atoms with Crippen LogP contribution < -0.4 is 15.8 Å². The third kappa shape index (κ3) is 4.30. The summed E-state index contributed by atoms with van der Waals surface area (Å²) in [7, 11) is 1.64. The molecule has 0 aromatic carbocycles. The van der Waals surface area contributed by atoms with Gasteiger partial charge in [0, 0.05) is 45.2 Å². The number of carbonyl (C=O) groups excluding carboxylic acids is 1. The fourth-order valence-electron chi connectivity index (χ4n) is 3.14. The number of piperidine rings is 1. The van der Waals surface area contributed by atoms with E-state index in [0.717, 1.165) is 50.2 Å². The molecule has 2 aromatic rings. The van der Waals surface area contributed by atoms with Gasteiger partial charge >= 0.3 is 0 Å². The van der Waals surface area contributed by atoms with Crippen LogP contribution in [0.15, 0.2) is 27.6 Å². The SMILES string of the molecule is CCCc1cc(C(=O)NCC2CCN(c3cnn(C)c(=O)c3)CC2)no1. The van der Waals surface area contributed by atoms with Crippen LogP contribution in [-0.2, 0) is 13.5 Å². The van der Waals surface area contributed by atoms with Crippen molar-refractivity contribution in [2.24, 2.45) is 13.0 Å². The molecular weight excluding hydrogens is 334 g/mol. The minimum atomic E-state index is -0.186. The van der Waals surface area contributed by atoms with Crippen LogP contribution in [0.3, 0.4) is 0 Å². The van der Waals surface area contributed by atoms with Crippen molar-refractivity contribution in [3.63, 3.8) is 0 Å². The molecule has 2 aromatic heterocycles. The second kappa shape index (κ2) is 8.16. The second-order valence-corrected chi connectivity index (χ2v) is 6.74. The van der Waals surface area contributed by atoms with Crippen LogP contribution in [-0.4, -0.2) is 40.5 Å². The maximum Gasteiger partial charge on any atom is 0.273 e. The lowest BCUT2D eigenvalue weighted by molar-refractivity contribution is 0.0935. The Morgan fingerprint density at radius 2 is 2.12 bits per heavy atom. The minimum Gasteiger partial charge on any atom is -0.370 e. The molecule has 26 heavy (non-hydrogen) atoms. The molecule has 140 valence electrons. The van der Waals surface area contributed by atoms with E-state index in [4.69, 9.17) is 4.52 Å². The van der Waals surface area contributed by atoms with Gasteiger partial charge in [0.05, 0.1) is 11.9 Å². The van der Waals surface area contributed by atoms with Crippen LogP contribution in [0.2, 0.25) is 0 Å². The zero-order chi connectivity index (χ0) is 18.5. The van der Waals surface area contributed by atoms with Gasteiger partial charge in [-0.1, -0.05) is 12.1 Å². The fourth-order valence-corrected chi connectivity index (χ4v) is 3.14. The van der Waals surface area contributed by atoms with Crippen molar-refractivity contribution in [1.82, 2.24) is 20.3 Å². The van der Waals surface area contributed by atoms with Crippen molar-refractivity contribution >= 4 is 11.6 Å². The lowest BCUT2D eigenvalue weighted by Crippen LogP contribution is -2.39. The highest BCUT2D eigenvalue weighted by molar-refractivity contribution is 5.92. The van der Waals surface area contributed by atoms with E-state index in [9.17, 15) is 9.59 Å². The quantitative estimate of drug-likeness (QED) is 0.837. The van der Waals surface area contributed by atoms with Gasteiger partial charge in [-0.25, -0.2) is 4.68 Å². The smallest absolute Gasteiger partial charge is 0.273 e. The summed E-state index contributed by atoms with van der Waals surface area (Å²) in [6, 6.07) is 3.33. The number of nitrogens with one attached hydrogen (secondary N) is 1. The van der Waals surface area contributed by atoms with Gasteiger partial charge in [0.25, 0.3) is 11.5 Å². The highest BCUT2D eigenvalue weighted by atomic mass is 16.5. The summed E-state index contributed by atoms with van der Waals surface area (Å²) >= 11 is 0. The van der Waals surface area contributed by atoms with Gasteiger partial charge in [-0.05, 0) is 25.2 Å². The maximum absolute atomic E-state index is 12.2. The van der Waals surface area contributed by atoms with Gasteiger partial charge in [0.1, 0.15) is 5.76 Å². The normalized spacial score (nSPS) is 15.2. The maximum atomic E-state index is 12.2. The Balaban J connectivity index is 1.47. The summed E-state index contributed by atoms with van der Waals surface area (Å²) in [5.74, 6) is 0.972. The zero-order valence-electron chi connectivity index (χ0n) is 15.3. The molecule has 8 heteroatoms. The predicted octanol–water partition coefficient (Wildman–Crippen LogP) is 1.37. The van der Waals surface area contributed by atoms with E-state index in [1.807, 2.05) is 0 Å². The van der Waals surface area contributed by atoms with Crippen molar-refractivity contribution in [2.75, 3.05) is 24.5 Å². The number of amides is 1. The van der Waals surface area contributed by atoms with E-state index in [2.05, 4.69) is 27.4 Å². The first kappa shape index (κ1) is 18.2. The van der Waals surface area contributed by atoms with E-state index in [0.29, 0.717) is 18.2 Å². The summed E-state index contributed by atoms with van der Waals surface area (Å²) < 4.78 is 6.47. The summed E-state index contributed by atoms with van der Waals surface area (Å²) in [5.41, 5.74) is 1.10. The van der Waals surface area contributed by atoms with Crippen molar-refractivity contribution < 1.29 is 9.32 Å². The Hall–Kier alpha value is -2.64. The van der Waals surface area contributed by atoms with Crippen LogP contribution >= 0.6 is 0 Å². The predicted molar refractivity (Wildman–Crippen MR) is 97.2 cm³/mol. The van der Waals surface area contributed by atoms with E-state index in [-0.39, 0.29) is 11.5 Å². The van der Waals surface area contributed by atoms with Gasteiger partial charge < -0.3 is 14.7 Å². The standard InChI is InChI=1S/C18H25N5O3/c1-3-4-15-10-16(21-26-15)18(25)19-11-13-5-7-23(8-6-13)14-9-17(24)22(2)20-12-14/h9-10,12-13H,3-8,11H2,1-2H3,(H,19,25). The van der Waals surface area contributed by atoms with E-state index in [1.54, 1.807) is 25.4 Å². The van der Waals surface area contributed by atoms with Crippen LogP contribution in [0.4, 0.5) is 5.69 Å². The van der Waals surface area contributed by atoms with Crippen molar-refractivity contribution in [3.05, 3.63) is 40.1 Å². The lowest BCUT2D eigenvalue weighted by Gasteiger charge is -2.33. The number of carbonyl (C=O) groups is 1. The van der Waals surface area contributed by atoms with Gasteiger partial charge in [0.2, 0.25) is 0 Å². The molecule has 0 saturated carbocycles. The number of rotatable bonds is 6. The number of hydrogen-bond donors (Lipinski definition) is 1. The monoisotopic (exact) mass is 359 g/mol. The minimum absolute atomic E-state index is 0.105. The first-order valence-electron chi connectivity index (χ1n) is 9.09. The molecular formula is C18H25N5O3. The highest BCUT2D eigenvalue weighted by Crippen LogP contribution is 2.21. The molecule has 0 unspecified atom stereocenters. The Labute approximate surface area is 152 Å². The fraction of sp³-hybridized carbons (Fsp3) is 0.556. The molecule has 8 nitrogen and oxygen atoms in total. The number of anilines is 1. The Bertz CT molecular complexity index is 805.